The molecule has 0 saturated carbocycles. The van der Waals surface area contributed by atoms with E-state index in [-0.39, 0.29) is 30.4 Å². The number of benzene rings is 2. The lowest BCUT2D eigenvalue weighted by atomic mass is 9.85. The van der Waals surface area contributed by atoms with Gasteiger partial charge in [-0.15, -0.1) is 0 Å². The Kier molecular flexibility index (Phi) is 5.49. The normalized spacial score (nSPS) is 24.4. The predicted molar refractivity (Wildman–Crippen MR) is 107 cm³/mol. The van der Waals surface area contributed by atoms with E-state index < -0.39 is 24.4 Å². The molecule has 2 aromatic rings. The van der Waals surface area contributed by atoms with Gasteiger partial charge in [0.2, 0.25) is 5.91 Å². The van der Waals surface area contributed by atoms with Crippen LogP contribution in [0.5, 0.6) is 5.75 Å². The van der Waals surface area contributed by atoms with Crippen molar-refractivity contribution in [3.63, 3.8) is 0 Å². The maximum atomic E-state index is 14.9. The van der Waals surface area contributed by atoms with Crippen LogP contribution in [-0.4, -0.2) is 52.4 Å². The third-order valence-corrected chi connectivity index (χ3v) is 6.24. The van der Waals surface area contributed by atoms with Crippen molar-refractivity contribution in [1.29, 1.82) is 0 Å². The molecule has 1 unspecified atom stereocenters. The van der Waals surface area contributed by atoms with Crippen molar-refractivity contribution in [3.8, 4) is 5.75 Å². The van der Waals surface area contributed by atoms with E-state index in [2.05, 4.69) is 0 Å². The molecule has 4 nitrogen and oxygen atoms in total. The molecule has 2 aliphatic rings. The maximum Gasteiger partial charge on any atom is 0.267 e. The number of hydrogen-bond donors (Lipinski definition) is 1. The van der Waals surface area contributed by atoms with Crippen LogP contribution < -0.4 is 0 Å². The minimum absolute atomic E-state index is 0.0459. The zero-order valence-electron chi connectivity index (χ0n) is 16.8. The Balaban J connectivity index is 1.42. The van der Waals surface area contributed by atoms with Gasteiger partial charge in [0.05, 0.1) is 18.5 Å². The summed E-state index contributed by atoms with van der Waals surface area (Å²) in [7, 11) is 0. The van der Waals surface area contributed by atoms with Gasteiger partial charge in [-0.1, -0.05) is 24.3 Å². The highest BCUT2D eigenvalue weighted by Crippen LogP contribution is 2.42. The van der Waals surface area contributed by atoms with Crippen molar-refractivity contribution >= 4 is 5.91 Å². The molecule has 0 bridgehead atoms. The standard InChI is InChI=1S/C23H25F3N2O2/c1-15-2-3-16(12-20(15)24)13-27-11-9-21(22(27)30)28-10-8-19(23(25,26)14-28)17-4-6-18(29)7-5-17/h2-7,12,19,21,29H,8-11,13-14H2,1H3/t19?,21-/m0/s1. The largest absolute Gasteiger partial charge is 0.508 e. The van der Waals surface area contributed by atoms with Crippen molar-refractivity contribution in [1.82, 2.24) is 9.80 Å². The molecule has 0 spiro atoms. The Morgan fingerprint density at radius 2 is 1.83 bits per heavy atom. The fourth-order valence-corrected chi connectivity index (χ4v) is 4.52. The number of amides is 1. The molecule has 160 valence electrons. The van der Waals surface area contributed by atoms with Gasteiger partial charge in [0, 0.05) is 13.1 Å². The summed E-state index contributed by atoms with van der Waals surface area (Å²) in [6.07, 6.45) is 0.734. The molecule has 1 amide bonds. The first kappa shape index (κ1) is 20.7. The number of aromatic hydroxyl groups is 1. The number of phenols is 1. The van der Waals surface area contributed by atoms with Crippen LogP contribution in [-0.2, 0) is 11.3 Å². The van der Waals surface area contributed by atoms with Gasteiger partial charge < -0.3 is 10.0 Å². The molecule has 0 radical (unpaired) electrons. The number of carbonyl (C=O) groups is 1. The lowest BCUT2D eigenvalue weighted by Crippen LogP contribution is -2.53. The van der Waals surface area contributed by atoms with E-state index in [1.165, 1.54) is 30.3 Å². The van der Waals surface area contributed by atoms with E-state index in [1.54, 1.807) is 28.9 Å². The Bertz CT molecular complexity index is 933. The van der Waals surface area contributed by atoms with Gasteiger partial charge in [-0.3, -0.25) is 9.69 Å². The van der Waals surface area contributed by atoms with Crippen LogP contribution in [0.15, 0.2) is 42.5 Å². The molecule has 4 rings (SSSR count). The second-order valence-corrected chi connectivity index (χ2v) is 8.31. The molecule has 0 aromatic heterocycles. The zero-order chi connectivity index (χ0) is 21.5. The molecular formula is C23H25F3N2O2. The molecule has 1 N–H and O–H groups in total. The maximum absolute atomic E-state index is 14.9. The van der Waals surface area contributed by atoms with Crippen LogP contribution in [0.2, 0.25) is 0 Å². The molecule has 2 heterocycles. The highest BCUT2D eigenvalue weighted by atomic mass is 19.3. The van der Waals surface area contributed by atoms with Crippen LogP contribution in [0.1, 0.15) is 35.4 Å². The quantitative estimate of drug-likeness (QED) is 0.814. The Morgan fingerprint density at radius 1 is 1.10 bits per heavy atom. The van der Waals surface area contributed by atoms with Crippen molar-refractivity contribution in [2.24, 2.45) is 0 Å². The molecule has 0 aliphatic carbocycles. The summed E-state index contributed by atoms with van der Waals surface area (Å²) < 4.78 is 43.7. The van der Waals surface area contributed by atoms with Gasteiger partial charge in [-0.05, 0) is 61.2 Å². The van der Waals surface area contributed by atoms with Gasteiger partial charge in [-0.25, -0.2) is 13.2 Å². The summed E-state index contributed by atoms with van der Waals surface area (Å²) in [5, 5.41) is 9.40. The van der Waals surface area contributed by atoms with Crippen LogP contribution >= 0.6 is 0 Å². The first-order valence-corrected chi connectivity index (χ1v) is 10.2. The summed E-state index contributed by atoms with van der Waals surface area (Å²) in [6.45, 7) is 2.37. The summed E-state index contributed by atoms with van der Waals surface area (Å²) in [6, 6.07) is 10.2. The lowest BCUT2D eigenvalue weighted by molar-refractivity contribution is -0.138. The number of rotatable bonds is 4. The Hall–Kier alpha value is -2.54. The van der Waals surface area contributed by atoms with Crippen LogP contribution in [0.3, 0.4) is 0 Å². The fourth-order valence-electron chi connectivity index (χ4n) is 4.52. The minimum Gasteiger partial charge on any atom is -0.508 e. The molecule has 2 fully saturated rings. The fraction of sp³-hybridized carbons (Fsp3) is 0.435. The summed E-state index contributed by atoms with van der Waals surface area (Å²) in [5.41, 5.74) is 1.74. The Morgan fingerprint density at radius 3 is 2.50 bits per heavy atom. The topological polar surface area (TPSA) is 43.8 Å². The van der Waals surface area contributed by atoms with Gasteiger partial charge in [0.25, 0.3) is 5.92 Å². The number of piperidine rings is 1. The third kappa shape index (κ3) is 4.03. The van der Waals surface area contributed by atoms with Crippen molar-refractivity contribution in [3.05, 3.63) is 65.0 Å². The van der Waals surface area contributed by atoms with E-state index in [4.69, 9.17) is 0 Å². The average Bonchev–Trinajstić information content (AvgIpc) is 3.05. The van der Waals surface area contributed by atoms with E-state index in [0.29, 0.717) is 36.2 Å². The smallest absolute Gasteiger partial charge is 0.267 e. The van der Waals surface area contributed by atoms with Crippen molar-refractivity contribution < 1.29 is 23.1 Å². The average molecular weight is 418 g/mol. The number of alkyl halides is 2. The monoisotopic (exact) mass is 418 g/mol. The number of carbonyl (C=O) groups excluding carboxylic acids is 1. The summed E-state index contributed by atoms with van der Waals surface area (Å²) in [5.74, 6) is -4.34. The van der Waals surface area contributed by atoms with Gasteiger partial charge >= 0.3 is 0 Å². The zero-order valence-corrected chi connectivity index (χ0v) is 16.8. The van der Waals surface area contributed by atoms with Crippen LogP contribution in [0.25, 0.3) is 0 Å². The molecule has 2 aromatic carbocycles. The van der Waals surface area contributed by atoms with Gasteiger partial charge in [0.1, 0.15) is 11.6 Å². The lowest BCUT2D eigenvalue weighted by Gasteiger charge is -2.40. The Labute approximate surface area is 173 Å². The number of phenolic OH excluding ortho intramolecular Hbond substituents is 1. The third-order valence-electron chi connectivity index (χ3n) is 6.24. The van der Waals surface area contributed by atoms with Crippen molar-refractivity contribution in [2.75, 3.05) is 19.6 Å². The number of likely N-dealkylation sites (tertiary alicyclic amines) is 2. The SMILES string of the molecule is Cc1ccc(CN2CC[C@H](N3CCC(c4ccc(O)cc4)C(F)(F)C3)C2=O)cc1F. The van der Waals surface area contributed by atoms with E-state index in [1.807, 2.05) is 0 Å². The molecule has 2 saturated heterocycles. The molecule has 30 heavy (non-hydrogen) atoms. The predicted octanol–water partition coefficient (Wildman–Crippen LogP) is 4.07. The van der Waals surface area contributed by atoms with Crippen LogP contribution in [0, 0.1) is 12.7 Å². The van der Waals surface area contributed by atoms with Crippen molar-refractivity contribution in [2.45, 2.75) is 44.2 Å². The summed E-state index contributed by atoms with van der Waals surface area (Å²) >= 11 is 0. The first-order valence-electron chi connectivity index (χ1n) is 10.2. The van der Waals surface area contributed by atoms with E-state index in [0.717, 1.165) is 0 Å². The summed E-state index contributed by atoms with van der Waals surface area (Å²) in [4.78, 5) is 16.1. The molecular weight excluding hydrogens is 393 g/mol. The number of halogens is 3. The molecule has 2 atom stereocenters. The second-order valence-electron chi connectivity index (χ2n) is 8.31. The number of aryl methyl sites for hydroxylation is 1. The van der Waals surface area contributed by atoms with Crippen LogP contribution in [0.4, 0.5) is 13.2 Å². The van der Waals surface area contributed by atoms with Gasteiger partial charge in [-0.2, -0.15) is 0 Å². The molecule has 2 aliphatic heterocycles. The first-order chi connectivity index (χ1) is 14.2. The highest BCUT2D eigenvalue weighted by Gasteiger charge is 2.49. The highest BCUT2D eigenvalue weighted by molar-refractivity contribution is 5.84. The number of hydrogen-bond acceptors (Lipinski definition) is 3. The van der Waals surface area contributed by atoms with E-state index >= 15 is 0 Å². The minimum atomic E-state index is -2.97. The van der Waals surface area contributed by atoms with E-state index in [9.17, 15) is 23.1 Å². The second kappa shape index (κ2) is 7.95. The molecule has 7 heteroatoms. The van der Waals surface area contributed by atoms with Gasteiger partial charge in [0.15, 0.2) is 0 Å². The number of nitrogens with zero attached hydrogens (tertiary/aromatic N) is 2.